The third-order valence-electron chi connectivity index (χ3n) is 2.73. The second-order valence-electron chi connectivity index (χ2n) is 4.31. The Labute approximate surface area is 98.9 Å². The minimum atomic E-state index is 0.260. The maximum Gasteiger partial charge on any atom is 0.130 e. The van der Waals surface area contributed by atoms with Crippen LogP contribution >= 0.6 is 0 Å². The van der Waals surface area contributed by atoms with Crippen LogP contribution in [0.15, 0.2) is 30.3 Å². The lowest BCUT2D eigenvalue weighted by molar-refractivity contribution is -0.116. The van der Waals surface area contributed by atoms with Crippen molar-refractivity contribution in [3.8, 4) is 0 Å². The number of unbranched alkanes of at least 4 members (excludes halogenated alkanes) is 2. The quantitative estimate of drug-likeness (QED) is 0.626. The largest absolute Gasteiger partial charge is 0.300 e. The van der Waals surface area contributed by atoms with Gasteiger partial charge in [0.2, 0.25) is 0 Å². The average Bonchev–Trinajstić information content (AvgIpc) is 2.29. The lowest BCUT2D eigenvalue weighted by atomic mass is 9.89. The van der Waals surface area contributed by atoms with Gasteiger partial charge in [0.15, 0.2) is 0 Å². The summed E-state index contributed by atoms with van der Waals surface area (Å²) in [5.74, 6) is 1.55. The van der Waals surface area contributed by atoms with E-state index in [4.69, 9.17) is 0 Å². The van der Waals surface area contributed by atoms with Crippen molar-refractivity contribution in [2.45, 2.75) is 46.0 Å². The van der Waals surface area contributed by atoms with Crippen molar-refractivity contribution in [1.82, 2.24) is 0 Å². The van der Waals surface area contributed by atoms with Crippen molar-refractivity contribution in [3.63, 3.8) is 0 Å². The van der Waals surface area contributed by atoms with Crippen LogP contribution in [0.4, 0.5) is 0 Å². The SMILES string of the molecule is CCCCC[C](CC(C)=O)c1ccccc1. The first kappa shape index (κ1) is 13.0. The number of rotatable bonds is 7. The van der Waals surface area contributed by atoms with Gasteiger partial charge in [-0.1, -0.05) is 56.5 Å². The molecule has 0 fully saturated rings. The molecule has 1 nitrogen and oxygen atoms in total. The molecule has 87 valence electrons. The zero-order valence-electron chi connectivity index (χ0n) is 10.3. The van der Waals surface area contributed by atoms with E-state index in [2.05, 4.69) is 19.1 Å². The fourth-order valence-electron chi connectivity index (χ4n) is 1.90. The molecule has 16 heavy (non-hydrogen) atoms. The molecule has 0 N–H and O–H groups in total. The number of ketones is 1. The molecule has 0 spiro atoms. The molecule has 0 bridgehead atoms. The predicted molar refractivity (Wildman–Crippen MR) is 68.2 cm³/mol. The topological polar surface area (TPSA) is 17.1 Å². The zero-order valence-corrected chi connectivity index (χ0v) is 10.3. The van der Waals surface area contributed by atoms with Crippen molar-refractivity contribution in [2.24, 2.45) is 0 Å². The number of carbonyl (C=O) groups is 1. The van der Waals surface area contributed by atoms with Crippen LogP contribution in [0.2, 0.25) is 0 Å². The second kappa shape index (κ2) is 7.21. The fraction of sp³-hybridized carbons (Fsp3) is 0.467. The summed E-state index contributed by atoms with van der Waals surface area (Å²) in [7, 11) is 0. The van der Waals surface area contributed by atoms with Crippen LogP contribution in [0.25, 0.3) is 0 Å². The molecule has 1 heteroatoms. The van der Waals surface area contributed by atoms with E-state index in [0.717, 1.165) is 6.42 Å². The van der Waals surface area contributed by atoms with Gasteiger partial charge in [-0.3, -0.25) is 4.79 Å². The van der Waals surface area contributed by atoms with E-state index in [-0.39, 0.29) is 5.78 Å². The molecule has 0 heterocycles. The van der Waals surface area contributed by atoms with Crippen molar-refractivity contribution in [1.29, 1.82) is 0 Å². The van der Waals surface area contributed by atoms with E-state index < -0.39 is 0 Å². The standard InChI is InChI=1S/C15H21O/c1-3-4-6-11-15(12-13(2)16)14-9-7-5-8-10-14/h5,7-10H,3-4,6,11-12H2,1-2H3. The Morgan fingerprint density at radius 1 is 1.12 bits per heavy atom. The minimum Gasteiger partial charge on any atom is -0.300 e. The molecule has 0 amide bonds. The number of carbonyl (C=O) groups excluding carboxylic acids is 1. The van der Waals surface area contributed by atoms with Gasteiger partial charge in [-0.05, 0) is 18.9 Å². The van der Waals surface area contributed by atoms with Gasteiger partial charge in [0, 0.05) is 12.3 Å². The number of hydrogen-bond donors (Lipinski definition) is 0. The smallest absolute Gasteiger partial charge is 0.130 e. The molecule has 0 atom stereocenters. The van der Waals surface area contributed by atoms with E-state index in [1.54, 1.807) is 6.92 Å². The lowest BCUT2D eigenvalue weighted by Gasteiger charge is -2.14. The summed E-state index contributed by atoms with van der Waals surface area (Å²) in [6, 6.07) is 10.3. The molecule has 0 unspecified atom stereocenters. The highest BCUT2D eigenvalue weighted by Crippen LogP contribution is 2.24. The minimum absolute atomic E-state index is 0.260. The van der Waals surface area contributed by atoms with Crippen LogP contribution in [0.5, 0.6) is 0 Å². The maximum absolute atomic E-state index is 11.2. The highest BCUT2D eigenvalue weighted by molar-refractivity contribution is 5.78. The number of hydrogen-bond acceptors (Lipinski definition) is 1. The van der Waals surface area contributed by atoms with Crippen molar-refractivity contribution < 1.29 is 4.79 Å². The predicted octanol–water partition coefficient (Wildman–Crippen LogP) is 4.17. The lowest BCUT2D eigenvalue weighted by Crippen LogP contribution is -2.05. The van der Waals surface area contributed by atoms with E-state index >= 15 is 0 Å². The van der Waals surface area contributed by atoms with Gasteiger partial charge in [0.25, 0.3) is 0 Å². The second-order valence-corrected chi connectivity index (χ2v) is 4.31. The first-order valence-corrected chi connectivity index (χ1v) is 6.13. The first-order valence-electron chi connectivity index (χ1n) is 6.13. The normalized spacial score (nSPS) is 10.7. The third-order valence-corrected chi connectivity index (χ3v) is 2.73. The van der Waals surface area contributed by atoms with Gasteiger partial charge >= 0.3 is 0 Å². The molecular formula is C15H21O. The summed E-state index contributed by atoms with van der Waals surface area (Å²) in [4.78, 5) is 11.2. The zero-order chi connectivity index (χ0) is 11.8. The van der Waals surface area contributed by atoms with Crippen molar-refractivity contribution >= 4 is 5.78 Å². The molecule has 0 saturated heterocycles. The molecule has 1 aromatic carbocycles. The molecule has 1 radical (unpaired) electrons. The van der Waals surface area contributed by atoms with Gasteiger partial charge in [-0.2, -0.15) is 0 Å². The van der Waals surface area contributed by atoms with Gasteiger partial charge in [-0.15, -0.1) is 0 Å². The van der Waals surface area contributed by atoms with Gasteiger partial charge in [0.05, 0.1) is 0 Å². The van der Waals surface area contributed by atoms with Crippen LogP contribution < -0.4 is 0 Å². The number of benzene rings is 1. The molecule has 1 rings (SSSR count). The van der Waals surface area contributed by atoms with E-state index in [0.29, 0.717) is 6.42 Å². The molecule has 1 aromatic rings. The van der Waals surface area contributed by atoms with Crippen molar-refractivity contribution in [3.05, 3.63) is 41.8 Å². The van der Waals surface area contributed by atoms with Crippen LogP contribution in [0, 0.1) is 5.92 Å². The Kier molecular flexibility index (Phi) is 5.84. The molecule has 0 aliphatic rings. The monoisotopic (exact) mass is 217 g/mol. The Hall–Kier alpha value is -1.11. The van der Waals surface area contributed by atoms with E-state index in [9.17, 15) is 4.79 Å². The van der Waals surface area contributed by atoms with Gasteiger partial charge < -0.3 is 0 Å². The van der Waals surface area contributed by atoms with Crippen LogP contribution in [-0.4, -0.2) is 5.78 Å². The first-order chi connectivity index (χ1) is 7.74. The van der Waals surface area contributed by atoms with Gasteiger partial charge in [0.1, 0.15) is 5.78 Å². The highest BCUT2D eigenvalue weighted by atomic mass is 16.1. The van der Waals surface area contributed by atoms with Crippen molar-refractivity contribution in [2.75, 3.05) is 0 Å². The van der Waals surface area contributed by atoms with Gasteiger partial charge in [-0.25, -0.2) is 0 Å². The Morgan fingerprint density at radius 3 is 2.38 bits per heavy atom. The maximum atomic E-state index is 11.2. The van der Waals surface area contributed by atoms with Crippen LogP contribution in [-0.2, 0) is 4.79 Å². The molecule has 0 saturated carbocycles. The Morgan fingerprint density at radius 2 is 1.81 bits per heavy atom. The average molecular weight is 217 g/mol. The molecule has 0 aromatic heterocycles. The third kappa shape index (κ3) is 4.61. The fourth-order valence-corrected chi connectivity index (χ4v) is 1.90. The summed E-state index contributed by atoms with van der Waals surface area (Å²) < 4.78 is 0. The highest BCUT2D eigenvalue weighted by Gasteiger charge is 2.13. The molecule has 0 aliphatic heterocycles. The van der Waals surface area contributed by atoms with Crippen LogP contribution in [0.1, 0.15) is 51.5 Å². The summed E-state index contributed by atoms with van der Waals surface area (Å²) in [5.41, 5.74) is 1.23. The van der Waals surface area contributed by atoms with E-state index in [1.165, 1.54) is 30.7 Å². The summed E-state index contributed by atoms with van der Waals surface area (Å²) in [6.45, 7) is 3.87. The summed E-state index contributed by atoms with van der Waals surface area (Å²) in [5, 5.41) is 0. The molecule has 0 aliphatic carbocycles. The van der Waals surface area contributed by atoms with E-state index in [1.807, 2.05) is 18.2 Å². The molecular weight excluding hydrogens is 196 g/mol. The van der Waals surface area contributed by atoms with Crippen LogP contribution in [0.3, 0.4) is 0 Å². The number of Topliss-reactive ketones (excluding diaryl/α,β-unsaturated/α-hetero) is 1. The Bertz CT molecular complexity index is 302. The summed E-state index contributed by atoms with van der Waals surface area (Å²) >= 11 is 0. The Balaban J connectivity index is 2.60. The summed E-state index contributed by atoms with van der Waals surface area (Å²) in [6.07, 6.45) is 5.32.